The first-order valence-electron chi connectivity index (χ1n) is 3.26. The number of nitrogens with one attached hydrogen (secondary N) is 1. The van der Waals surface area contributed by atoms with Crippen molar-refractivity contribution < 1.29 is 0 Å². The van der Waals surface area contributed by atoms with Crippen molar-refractivity contribution in [2.45, 2.75) is 29.4 Å². The van der Waals surface area contributed by atoms with Crippen LogP contribution in [0.4, 0.5) is 0 Å². The van der Waals surface area contributed by atoms with Crippen molar-refractivity contribution in [2.24, 2.45) is 5.92 Å². The van der Waals surface area contributed by atoms with E-state index in [2.05, 4.69) is 27.9 Å². The van der Waals surface area contributed by atoms with Crippen LogP contribution in [-0.4, -0.2) is 10.1 Å². The highest BCUT2D eigenvalue weighted by Crippen LogP contribution is 2.38. The van der Waals surface area contributed by atoms with E-state index in [1.54, 1.807) is 0 Å². The summed E-state index contributed by atoms with van der Waals surface area (Å²) in [6.45, 7) is 0. The third kappa shape index (κ3) is 0.692. The SMILES string of the molecule is IC1CC2CCC2N1. The molecule has 0 spiro atoms. The van der Waals surface area contributed by atoms with Gasteiger partial charge in [0.05, 0.1) is 4.05 Å². The topological polar surface area (TPSA) is 12.0 Å². The molecule has 0 amide bonds. The summed E-state index contributed by atoms with van der Waals surface area (Å²) in [4.78, 5) is 0. The van der Waals surface area contributed by atoms with Crippen molar-refractivity contribution in [3.8, 4) is 0 Å². The van der Waals surface area contributed by atoms with E-state index in [4.69, 9.17) is 0 Å². The molecule has 1 aliphatic heterocycles. The molecule has 0 aromatic heterocycles. The van der Waals surface area contributed by atoms with Gasteiger partial charge in [-0.05, 0) is 25.2 Å². The van der Waals surface area contributed by atoms with Gasteiger partial charge in [-0.25, -0.2) is 0 Å². The van der Waals surface area contributed by atoms with Crippen LogP contribution >= 0.6 is 22.6 Å². The van der Waals surface area contributed by atoms with Gasteiger partial charge in [0.1, 0.15) is 0 Å². The average Bonchev–Trinajstić information content (AvgIpc) is 1.91. The molecule has 1 nitrogen and oxygen atoms in total. The third-order valence-corrected chi connectivity index (χ3v) is 3.19. The predicted octanol–water partition coefficient (Wildman–Crippen LogP) is 1.52. The summed E-state index contributed by atoms with van der Waals surface area (Å²) in [5, 5.41) is 3.54. The van der Waals surface area contributed by atoms with Gasteiger partial charge in [-0.15, -0.1) is 0 Å². The van der Waals surface area contributed by atoms with Crippen molar-refractivity contribution >= 4 is 22.6 Å². The van der Waals surface area contributed by atoms with Gasteiger partial charge in [0.25, 0.3) is 0 Å². The van der Waals surface area contributed by atoms with Crippen LogP contribution in [0.15, 0.2) is 0 Å². The molecule has 0 aromatic rings. The number of rotatable bonds is 0. The third-order valence-electron chi connectivity index (χ3n) is 2.32. The molecule has 2 rings (SSSR count). The van der Waals surface area contributed by atoms with Gasteiger partial charge in [-0.2, -0.15) is 0 Å². The molecular formula is C6H10IN. The maximum atomic E-state index is 3.54. The van der Waals surface area contributed by atoms with Crippen LogP contribution in [0.1, 0.15) is 19.3 Å². The molecule has 2 heteroatoms. The summed E-state index contributed by atoms with van der Waals surface area (Å²) in [5.74, 6) is 1.05. The molecule has 46 valence electrons. The lowest BCUT2D eigenvalue weighted by Gasteiger charge is -2.29. The molecule has 2 aliphatic rings. The zero-order chi connectivity index (χ0) is 5.56. The summed E-state index contributed by atoms with van der Waals surface area (Å²) in [6.07, 6.45) is 4.34. The Morgan fingerprint density at radius 3 is 2.50 bits per heavy atom. The van der Waals surface area contributed by atoms with Crippen molar-refractivity contribution in [3.05, 3.63) is 0 Å². The lowest BCUT2D eigenvalue weighted by molar-refractivity contribution is 0.276. The zero-order valence-electron chi connectivity index (χ0n) is 4.73. The molecule has 1 saturated heterocycles. The summed E-state index contributed by atoms with van der Waals surface area (Å²) in [6, 6.07) is 0.914. The second-order valence-corrected chi connectivity index (χ2v) is 4.32. The van der Waals surface area contributed by atoms with E-state index in [1.807, 2.05) is 0 Å². The largest absolute Gasteiger partial charge is 0.302 e. The lowest BCUT2D eigenvalue weighted by atomic mass is 9.81. The Bertz CT molecular complexity index is 92.7. The monoisotopic (exact) mass is 223 g/mol. The predicted molar refractivity (Wildman–Crippen MR) is 42.1 cm³/mol. The molecule has 1 N–H and O–H groups in total. The molecule has 0 aromatic carbocycles. The van der Waals surface area contributed by atoms with E-state index in [0.29, 0.717) is 0 Å². The van der Waals surface area contributed by atoms with E-state index in [-0.39, 0.29) is 0 Å². The molecule has 3 unspecified atom stereocenters. The molecule has 1 heterocycles. The zero-order valence-corrected chi connectivity index (χ0v) is 6.89. The Morgan fingerprint density at radius 1 is 1.38 bits per heavy atom. The van der Waals surface area contributed by atoms with Crippen molar-refractivity contribution in [3.63, 3.8) is 0 Å². The molecule has 1 saturated carbocycles. The van der Waals surface area contributed by atoms with Crippen LogP contribution in [-0.2, 0) is 0 Å². The summed E-state index contributed by atoms with van der Waals surface area (Å²) >= 11 is 2.49. The number of fused-ring (bicyclic) bond motifs is 1. The quantitative estimate of drug-likeness (QED) is 0.373. The van der Waals surface area contributed by atoms with E-state index in [9.17, 15) is 0 Å². The summed E-state index contributed by atoms with van der Waals surface area (Å²) in [7, 11) is 0. The normalized spacial score (nSPS) is 52.9. The Hall–Kier alpha value is 0.690. The fourth-order valence-corrected chi connectivity index (χ4v) is 2.75. The first-order chi connectivity index (χ1) is 3.86. The van der Waals surface area contributed by atoms with Gasteiger partial charge in [0.15, 0.2) is 0 Å². The molecule has 0 radical (unpaired) electrons. The lowest BCUT2D eigenvalue weighted by Crippen LogP contribution is -2.36. The Labute approximate surface area is 63.4 Å². The number of hydrogen-bond acceptors (Lipinski definition) is 1. The van der Waals surface area contributed by atoms with Gasteiger partial charge >= 0.3 is 0 Å². The van der Waals surface area contributed by atoms with Gasteiger partial charge in [0, 0.05) is 6.04 Å². The van der Waals surface area contributed by atoms with Crippen molar-refractivity contribution in [2.75, 3.05) is 0 Å². The highest BCUT2D eigenvalue weighted by atomic mass is 127. The number of halogens is 1. The highest BCUT2D eigenvalue weighted by Gasteiger charge is 2.38. The molecular weight excluding hydrogens is 213 g/mol. The van der Waals surface area contributed by atoms with Crippen molar-refractivity contribution in [1.82, 2.24) is 5.32 Å². The van der Waals surface area contributed by atoms with Gasteiger partial charge < -0.3 is 5.32 Å². The molecule has 0 bridgehead atoms. The summed E-state index contributed by atoms with van der Waals surface area (Å²) in [5.41, 5.74) is 0. The maximum Gasteiger partial charge on any atom is 0.0599 e. The van der Waals surface area contributed by atoms with Crippen LogP contribution in [0, 0.1) is 5.92 Å². The standard InChI is InChI=1S/C6H10IN/c7-6-3-4-1-2-5(4)8-6/h4-6,8H,1-3H2. The fraction of sp³-hybridized carbons (Fsp3) is 1.00. The Morgan fingerprint density at radius 2 is 2.25 bits per heavy atom. The van der Waals surface area contributed by atoms with E-state index in [1.165, 1.54) is 19.3 Å². The van der Waals surface area contributed by atoms with Crippen LogP contribution in [0.25, 0.3) is 0 Å². The first-order valence-corrected chi connectivity index (χ1v) is 4.51. The molecule has 1 aliphatic carbocycles. The Kier molecular flexibility index (Phi) is 1.26. The summed E-state index contributed by atoms with van der Waals surface area (Å²) < 4.78 is 0.782. The first kappa shape index (κ1) is 5.47. The van der Waals surface area contributed by atoms with Crippen LogP contribution < -0.4 is 5.32 Å². The molecule has 8 heavy (non-hydrogen) atoms. The van der Waals surface area contributed by atoms with E-state index < -0.39 is 0 Å². The van der Waals surface area contributed by atoms with Gasteiger partial charge in [0.2, 0.25) is 0 Å². The number of alkyl halides is 1. The minimum absolute atomic E-state index is 0.782. The highest BCUT2D eigenvalue weighted by molar-refractivity contribution is 14.1. The average molecular weight is 223 g/mol. The van der Waals surface area contributed by atoms with E-state index >= 15 is 0 Å². The van der Waals surface area contributed by atoms with Crippen LogP contribution in [0.3, 0.4) is 0 Å². The van der Waals surface area contributed by atoms with Gasteiger partial charge in [-0.1, -0.05) is 22.6 Å². The second-order valence-electron chi connectivity index (χ2n) is 2.81. The fourth-order valence-electron chi connectivity index (χ4n) is 1.64. The minimum Gasteiger partial charge on any atom is -0.302 e. The van der Waals surface area contributed by atoms with Crippen LogP contribution in [0.5, 0.6) is 0 Å². The second kappa shape index (κ2) is 1.84. The number of hydrogen-bond donors (Lipinski definition) is 1. The van der Waals surface area contributed by atoms with E-state index in [0.717, 1.165) is 16.0 Å². The molecule has 2 fully saturated rings. The van der Waals surface area contributed by atoms with Gasteiger partial charge in [-0.3, -0.25) is 0 Å². The van der Waals surface area contributed by atoms with Crippen molar-refractivity contribution in [1.29, 1.82) is 0 Å². The maximum absolute atomic E-state index is 3.54. The minimum atomic E-state index is 0.782. The Balaban J connectivity index is 2.00. The smallest absolute Gasteiger partial charge is 0.0599 e. The molecule has 3 atom stereocenters. The van der Waals surface area contributed by atoms with Crippen LogP contribution in [0.2, 0.25) is 0 Å².